The summed E-state index contributed by atoms with van der Waals surface area (Å²) in [5.41, 5.74) is 0. The Bertz CT molecular complexity index is 935. The summed E-state index contributed by atoms with van der Waals surface area (Å²) in [6.45, 7) is 4.86. The molecule has 0 spiro atoms. The summed E-state index contributed by atoms with van der Waals surface area (Å²) in [4.78, 5) is 24.4. The molecule has 60 heavy (non-hydrogen) atoms. The Hall–Kier alpha value is -1.66. The van der Waals surface area contributed by atoms with Gasteiger partial charge >= 0.3 is 5.97 Å². The van der Waals surface area contributed by atoms with E-state index < -0.39 is 12.1 Å². The standard InChI is InChI=1S/C54H103NO5/c1-3-5-7-9-11-13-15-17-23-26-30-34-38-42-46-52(57)51(50-56)55-53(58)47-43-39-35-31-27-24-21-19-18-20-22-25-29-33-37-41-45-49-60-54(59)48-44-40-36-32-28-16-14-12-10-8-6-4-2/h12,14,42,46,51-52,56-57H,3-11,13,15-41,43-45,47-50H2,1-2H3,(H,55,58)/b14-12-,46-42+. The van der Waals surface area contributed by atoms with E-state index in [0.717, 1.165) is 44.9 Å². The highest BCUT2D eigenvalue weighted by molar-refractivity contribution is 5.76. The molecule has 0 aromatic heterocycles. The quantitative estimate of drug-likeness (QED) is 0.0322. The van der Waals surface area contributed by atoms with Crippen molar-refractivity contribution in [3.63, 3.8) is 0 Å². The van der Waals surface area contributed by atoms with E-state index in [-0.39, 0.29) is 18.5 Å². The van der Waals surface area contributed by atoms with Crippen LogP contribution in [0.2, 0.25) is 0 Å². The Balaban J connectivity index is 3.45. The third-order valence-electron chi connectivity index (χ3n) is 12.2. The molecule has 354 valence electrons. The molecule has 1 amide bonds. The first kappa shape index (κ1) is 58.3. The molecular weight excluding hydrogens is 743 g/mol. The van der Waals surface area contributed by atoms with Gasteiger partial charge in [0.2, 0.25) is 5.91 Å². The number of allylic oxidation sites excluding steroid dienone is 3. The fraction of sp³-hybridized carbons (Fsp3) is 0.889. The van der Waals surface area contributed by atoms with Gasteiger partial charge in [0.15, 0.2) is 0 Å². The molecule has 0 rings (SSSR count). The highest BCUT2D eigenvalue weighted by Gasteiger charge is 2.18. The summed E-state index contributed by atoms with van der Waals surface area (Å²) in [5, 5.41) is 23.1. The number of aliphatic hydroxyl groups excluding tert-OH is 2. The number of unbranched alkanes of at least 4 members (excludes halogenated alkanes) is 36. The number of nitrogens with one attached hydrogen (secondary N) is 1. The van der Waals surface area contributed by atoms with Crippen molar-refractivity contribution in [3.05, 3.63) is 24.3 Å². The first-order valence-corrected chi connectivity index (χ1v) is 26.6. The number of carbonyl (C=O) groups excluding carboxylic acids is 2. The van der Waals surface area contributed by atoms with Gasteiger partial charge in [0.1, 0.15) is 0 Å². The van der Waals surface area contributed by atoms with Gasteiger partial charge in [-0.1, -0.05) is 237 Å². The van der Waals surface area contributed by atoms with E-state index in [1.807, 2.05) is 6.08 Å². The Kier molecular flexibility index (Phi) is 48.6. The Morgan fingerprint density at radius 3 is 1.22 bits per heavy atom. The van der Waals surface area contributed by atoms with E-state index in [4.69, 9.17) is 4.74 Å². The molecule has 0 aliphatic heterocycles. The molecule has 6 nitrogen and oxygen atoms in total. The van der Waals surface area contributed by atoms with Gasteiger partial charge in [0.25, 0.3) is 0 Å². The van der Waals surface area contributed by atoms with Gasteiger partial charge in [0, 0.05) is 12.8 Å². The van der Waals surface area contributed by atoms with E-state index in [9.17, 15) is 19.8 Å². The first-order valence-electron chi connectivity index (χ1n) is 26.6. The molecule has 0 saturated carbocycles. The van der Waals surface area contributed by atoms with E-state index in [1.54, 1.807) is 6.08 Å². The molecule has 0 aromatic rings. The van der Waals surface area contributed by atoms with Crippen molar-refractivity contribution in [1.82, 2.24) is 5.32 Å². The van der Waals surface area contributed by atoms with E-state index in [2.05, 4.69) is 31.3 Å². The van der Waals surface area contributed by atoms with E-state index >= 15 is 0 Å². The summed E-state index contributed by atoms with van der Waals surface area (Å²) < 4.78 is 5.45. The van der Waals surface area contributed by atoms with Gasteiger partial charge in [0.05, 0.1) is 25.4 Å². The summed E-state index contributed by atoms with van der Waals surface area (Å²) >= 11 is 0. The van der Waals surface area contributed by atoms with Crippen LogP contribution >= 0.6 is 0 Å². The summed E-state index contributed by atoms with van der Waals surface area (Å²) in [7, 11) is 0. The van der Waals surface area contributed by atoms with Gasteiger partial charge in [-0.15, -0.1) is 0 Å². The van der Waals surface area contributed by atoms with Gasteiger partial charge < -0.3 is 20.3 Å². The largest absolute Gasteiger partial charge is 0.466 e. The number of rotatable bonds is 49. The van der Waals surface area contributed by atoms with Crippen molar-refractivity contribution in [2.24, 2.45) is 0 Å². The van der Waals surface area contributed by atoms with Crippen LogP contribution in [0.4, 0.5) is 0 Å². The maximum absolute atomic E-state index is 12.4. The second-order valence-corrected chi connectivity index (χ2v) is 18.2. The molecule has 0 heterocycles. The zero-order valence-electron chi connectivity index (χ0n) is 40.2. The number of hydrogen-bond donors (Lipinski definition) is 3. The normalized spacial score (nSPS) is 12.8. The van der Waals surface area contributed by atoms with Gasteiger partial charge in [-0.25, -0.2) is 0 Å². The lowest BCUT2D eigenvalue weighted by Gasteiger charge is -2.20. The number of carbonyl (C=O) groups is 2. The molecule has 0 fully saturated rings. The Labute approximate surface area is 373 Å². The predicted molar refractivity (Wildman–Crippen MR) is 260 cm³/mol. The molecule has 0 aliphatic rings. The highest BCUT2D eigenvalue weighted by Crippen LogP contribution is 2.16. The molecule has 0 bridgehead atoms. The van der Waals surface area contributed by atoms with Crippen LogP contribution in [-0.2, 0) is 14.3 Å². The van der Waals surface area contributed by atoms with Crippen molar-refractivity contribution in [2.45, 2.75) is 296 Å². The maximum Gasteiger partial charge on any atom is 0.305 e. The Morgan fingerprint density at radius 1 is 0.450 bits per heavy atom. The van der Waals surface area contributed by atoms with Crippen molar-refractivity contribution in [2.75, 3.05) is 13.2 Å². The summed E-state index contributed by atoms with van der Waals surface area (Å²) in [6, 6.07) is -0.631. The lowest BCUT2D eigenvalue weighted by molar-refractivity contribution is -0.143. The molecule has 0 aliphatic carbocycles. The number of aliphatic hydroxyl groups is 2. The molecule has 3 N–H and O–H groups in total. The number of esters is 1. The minimum atomic E-state index is -0.847. The van der Waals surface area contributed by atoms with Gasteiger partial charge in [-0.2, -0.15) is 0 Å². The third-order valence-corrected chi connectivity index (χ3v) is 12.2. The van der Waals surface area contributed by atoms with Crippen molar-refractivity contribution in [3.8, 4) is 0 Å². The molecule has 0 aromatic carbocycles. The number of ether oxygens (including phenoxy) is 1. The van der Waals surface area contributed by atoms with Crippen LogP contribution in [0.1, 0.15) is 284 Å². The van der Waals surface area contributed by atoms with Gasteiger partial charge in [-0.05, 0) is 57.8 Å². The molecule has 0 radical (unpaired) electrons. The molecule has 2 atom stereocenters. The SMILES string of the molecule is CCCCC/C=C\CCCCCCCC(=O)OCCCCCCCCCCCCCCCCCCCC(=O)NC(CO)C(O)/C=C/CCCCCCCCCCCCCC. The topological polar surface area (TPSA) is 95.9 Å². The molecule has 0 saturated heterocycles. The number of amides is 1. The fourth-order valence-electron chi connectivity index (χ4n) is 8.10. The highest BCUT2D eigenvalue weighted by atomic mass is 16.5. The second-order valence-electron chi connectivity index (χ2n) is 18.2. The summed E-state index contributed by atoms with van der Waals surface area (Å²) in [6.07, 6.45) is 58.9. The number of hydrogen-bond acceptors (Lipinski definition) is 5. The van der Waals surface area contributed by atoms with Crippen molar-refractivity contribution >= 4 is 11.9 Å². The average molecular weight is 846 g/mol. The van der Waals surface area contributed by atoms with Crippen LogP contribution in [-0.4, -0.2) is 47.4 Å². The lowest BCUT2D eigenvalue weighted by atomic mass is 10.0. The summed E-state index contributed by atoms with van der Waals surface area (Å²) in [5.74, 6) is -0.0791. The van der Waals surface area contributed by atoms with Crippen LogP contribution in [0.25, 0.3) is 0 Å². The second kappa shape index (κ2) is 50.0. The zero-order chi connectivity index (χ0) is 43.7. The monoisotopic (exact) mass is 846 g/mol. The minimum Gasteiger partial charge on any atom is -0.466 e. The van der Waals surface area contributed by atoms with Crippen LogP contribution < -0.4 is 5.32 Å². The van der Waals surface area contributed by atoms with E-state index in [1.165, 1.54) is 212 Å². The predicted octanol–water partition coefficient (Wildman–Crippen LogP) is 15.9. The van der Waals surface area contributed by atoms with Crippen molar-refractivity contribution in [1.29, 1.82) is 0 Å². The van der Waals surface area contributed by atoms with Crippen LogP contribution in [0.15, 0.2) is 24.3 Å². The average Bonchev–Trinajstić information content (AvgIpc) is 3.25. The fourth-order valence-corrected chi connectivity index (χ4v) is 8.10. The third kappa shape index (κ3) is 45.9. The first-order chi connectivity index (χ1) is 29.5. The smallest absolute Gasteiger partial charge is 0.305 e. The van der Waals surface area contributed by atoms with Gasteiger partial charge in [-0.3, -0.25) is 9.59 Å². The molecular formula is C54H103NO5. The zero-order valence-corrected chi connectivity index (χ0v) is 40.2. The molecule has 6 heteroatoms. The maximum atomic E-state index is 12.4. The lowest BCUT2D eigenvalue weighted by Crippen LogP contribution is -2.45. The van der Waals surface area contributed by atoms with Crippen LogP contribution in [0.5, 0.6) is 0 Å². The van der Waals surface area contributed by atoms with Crippen molar-refractivity contribution < 1.29 is 24.5 Å². The van der Waals surface area contributed by atoms with E-state index in [0.29, 0.717) is 19.4 Å². The molecule has 2 unspecified atom stereocenters. The Morgan fingerprint density at radius 2 is 0.783 bits per heavy atom. The van der Waals surface area contributed by atoms with Crippen LogP contribution in [0.3, 0.4) is 0 Å². The minimum absolute atomic E-state index is 0.00589. The van der Waals surface area contributed by atoms with Crippen LogP contribution in [0, 0.1) is 0 Å².